The molecule has 0 radical (unpaired) electrons. The summed E-state index contributed by atoms with van der Waals surface area (Å²) in [6.07, 6.45) is 1.81. The van der Waals surface area contributed by atoms with Crippen molar-refractivity contribution in [2.24, 2.45) is 0 Å². The van der Waals surface area contributed by atoms with Gasteiger partial charge in [-0.1, -0.05) is 19.9 Å². The molecular weight excluding hydrogens is 224 g/mol. The summed E-state index contributed by atoms with van der Waals surface area (Å²) in [5, 5.41) is 0. The molecular formula is C15H16N2O. The van der Waals surface area contributed by atoms with Gasteiger partial charge < -0.3 is 10.5 Å². The summed E-state index contributed by atoms with van der Waals surface area (Å²) in [6, 6.07) is 10.1. The smallest absolute Gasteiger partial charge is 0.123 e. The molecule has 92 valence electrons. The quantitative estimate of drug-likeness (QED) is 0.833. The van der Waals surface area contributed by atoms with Crippen LogP contribution in [0.25, 0.3) is 11.1 Å². The number of benzene rings is 1. The fraction of sp³-hybridized carbons (Fsp3) is 0.267. The number of fused-ring (bicyclic) bond motifs is 1. The van der Waals surface area contributed by atoms with Crippen LogP contribution in [0.1, 0.15) is 19.4 Å². The SMILES string of the molecule is CC1(C)COc2ccc(-c3ccc(N)nc3)cc21. The second-order valence-electron chi connectivity index (χ2n) is 5.36. The van der Waals surface area contributed by atoms with E-state index in [1.54, 1.807) is 6.20 Å². The van der Waals surface area contributed by atoms with Gasteiger partial charge in [-0.25, -0.2) is 4.98 Å². The summed E-state index contributed by atoms with van der Waals surface area (Å²) in [5.41, 5.74) is 9.17. The highest BCUT2D eigenvalue weighted by molar-refractivity contribution is 5.67. The number of ether oxygens (including phenoxy) is 1. The van der Waals surface area contributed by atoms with Crippen molar-refractivity contribution in [3.05, 3.63) is 42.1 Å². The van der Waals surface area contributed by atoms with E-state index in [-0.39, 0.29) is 5.41 Å². The summed E-state index contributed by atoms with van der Waals surface area (Å²) in [5.74, 6) is 1.54. The first-order valence-electron chi connectivity index (χ1n) is 6.05. The summed E-state index contributed by atoms with van der Waals surface area (Å²) < 4.78 is 5.69. The normalized spacial score (nSPS) is 16.1. The van der Waals surface area contributed by atoms with E-state index in [2.05, 4.69) is 31.0 Å². The minimum Gasteiger partial charge on any atom is -0.492 e. The van der Waals surface area contributed by atoms with E-state index in [0.29, 0.717) is 5.82 Å². The van der Waals surface area contributed by atoms with Crippen molar-refractivity contribution in [1.82, 2.24) is 4.98 Å². The lowest BCUT2D eigenvalue weighted by atomic mass is 9.85. The zero-order chi connectivity index (χ0) is 12.8. The van der Waals surface area contributed by atoms with Crippen molar-refractivity contribution < 1.29 is 4.74 Å². The summed E-state index contributed by atoms with van der Waals surface area (Å²) in [7, 11) is 0. The number of hydrogen-bond donors (Lipinski definition) is 1. The zero-order valence-corrected chi connectivity index (χ0v) is 10.6. The molecule has 1 aliphatic heterocycles. The molecule has 2 aromatic rings. The second kappa shape index (κ2) is 3.73. The molecule has 3 nitrogen and oxygen atoms in total. The lowest BCUT2D eigenvalue weighted by Gasteiger charge is -2.15. The van der Waals surface area contributed by atoms with Crippen LogP contribution < -0.4 is 10.5 Å². The van der Waals surface area contributed by atoms with Crippen molar-refractivity contribution in [3.63, 3.8) is 0 Å². The molecule has 1 aliphatic rings. The number of anilines is 1. The second-order valence-corrected chi connectivity index (χ2v) is 5.36. The van der Waals surface area contributed by atoms with Crippen molar-refractivity contribution in [1.29, 1.82) is 0 Å². The van der Waals surface area contributed by atoms with Crippen LogP contribution in [-0.2, 0) is 5.41 Å². The molecule has 2 N–H and O–H groups in total. The van der Waals surface area contributed by atoms with Crippen LogP contribution in [0.15, 0.2) is 36.5 Å². The Morgan fingerprint density at radius 1 is 1.17 bits per heavy atom. The summed E-state index contributed by atoms with van der Waals surface area (Å²) >= 11 is 0. The minimum atomic E-state index is 0.0760. The first-order chi connectivity index (χ1) is 8.56. The zero-order valence-electron chi connectivity index (χ0n) is 10.6. The van der Waals surface area contributed by atoms with Gasteiger partial charge in [0.2, 0.25) is 0 Å². The van der Waals surface area contributed by atoms with E-state index < -0.39 is 0 Å². The van der Waals surface area contributed by atoms with Gasteiger partial charge in [-0.2, -0.15) is 0 Å². The molecule has 0 saturated carbocycles. The Morgan fingerprint density at radius 2 is 1.94 bits per heavy atom. The van der Waals surface area contributed by atoms with Crippen LogP contribution in [0.5, 0.6) is 5.75 Å². The molecule has 1 aromatic heterocycles. The maximum absolute atomic E-state index is 5.69. The minimum absolute atomic E-state index is 0.0760. The van der Waals surface area contributed by atoms with Crippen LogP contribution in [0.2, 0.25) is 0 Å². The maximum atomic E-state index is 5.69. The van der Waals surface area contributed by atoms with E-state index in [0.717, 1.165) is 23.5 Å². The lowest BCUT2D eigenvalue weighted by Crippen LogP contribution is -2.18. The van der Waals surface area contributed by atoms with Gasteiger partial charge in [0.05, 0.1) is 6.61 Å². The van der Waals surface area contributed by atoms with Crippen LogP contribution in [0.3, 0.4) is 0 Å². The highest BCUT2D eigenvalue weighted by atomic mass is 16.5. The Kier molecular flexibility index (Phi) is 2.30. The molecule has 18 heavy (non-hydrogen) atoms. The average molecular weight is 240 g/mol. The van der Waals surface area contributed by atoms with E-state index in [1.807, 2.05) is 18.2 Å². The van der Waals surface area contributed by atoms with Gasteiger partial charge >= 0.3 is 0 Å². The molecule has 0 spiro atoms. The summed E-state index contributed by atoms with van der Waals surface area (Å²) in [4.78, 5) is 4.13. The molecule has 0 atom stereocenters. The Hall–Kier alpha value is -2.03. The topological polar surface area (TPSA) is 48.1 Å². The molecule has 3 rings (SSSR count). The van der Waals surface area contributed by atoms with E-state index in [9.17, 15) is 0 Å². The number of rotatable bonds is 1. The Balaban J connectivity index is 2.08. The van der Waals surface area contributed by atoms with Gasteiger partial charge in [-0.05, 0) is 29.8 Å². The number of nitrogens with zero attached hydrogens (tertiary/aromatic N) is 1. The number of pyridine rings is 1. The molecule has 0 bridgehead atoms. The number of aromatic nitrogens is 1. The number of hydrogen-bond acceptors (Lipinski definition) is 3. The van der Waals surface area contributed by atoms with Crippen molar-refractivity contribution in [3.8, 4) is 16.9 Å². The monoisotopic (exact) mass is 240 g/mol. The molecule has 1 aromatic carbocycles. The fourth-order valence-electron chi connectivity index (χ4n) is 2.28. The first kappa shape index (κ1) is 11.1. The van der Waals surface area contributed by atoms with Gasteiger partial charge in [-0.15, -0.1) is 0 Å². The molecule has 3 heteroatoms. The van der Waals surface area contributed by atoms with Crippen LogP contribution in [0.4, 0.5) is 5.82 Å². The highest BCUT2D eigenvalue weighted by Gasteiger charge is 2.31. The van der Waals surface area contributed by atoms with Crippen LogP contribution in [-0.4, -0.2) is 11.6 Å². The predicted octanol–water partition coefficient (Wildman–Crippen LogP) is 3.00. The van der Waals surface area contributed by atoms with E-state index in [1.165, 1.54) is 5.56 Å². The third-order valence-corrected chi connectivity index (χ3v) is 3.42. The number of nitrogen functional groups attached to an aromatic ring is 1. The van der Waals surface area contributed by atoms with Gasteiger partial charge in [0.25, 0.3) is 0 Å². The predicted molar refractivity (Wildman–Crippen MR) is 72.6 cm³/mol. The first-order valence-corrected chi connectivity index (χ1v) is 6.05. The largest absolute Gasteiger partial charge is 0.492 e. The van der Waals surface area contributed by atoms with Gasteiger partial charge in [-0.3, -0.25) is 0 Å². The molecule has 0 aliphatic carbocycles. The molecule has 2 heterocycles. The van der Waals surface area contributed by atoms with Crippen LogP contribution in [0, 0.1) is 0 Å². The standard InChI is InChI=1S/C15H16N2O/c1-15(2)9-18-13-5-3-10(7-12(13)15)11-4-6-14(16)17-8-11/h3-8H,9H2,1-2H3,(H2,16,17). The molecule has 0 fully saturated rings. The lowest BCUT2D eigenvalue weighted by molar-refractivity contribution is 0.291. The Bertz CT molecular complexity index is 588. The van der Waals surface area contributed by atoms with Crippen molar-refractivity contribution in [2.75, 3.05) is 12.3 Å². The van der Waals surface area contributed by atoms with Crippen LogP contribution >= 0.6 is 0 Å². The molecule has 0 unspecified atom stereocenters. The third-order valence-electron chi connectivity index (χ3n) is 3.42. The van der Waals surface area contributed by atoms with Crippen molar-refractivity contribution >= 4 is 5.82 Å². The molecule has 0 saturated heterocycles. The Labute approximate surface area is 107 Å². The highest BCUT2D eigenvalue weighted by Crippen LogP contribution is 2.40. The van der Waals surface area contributed by atoms with Gasteiger partial charge in [0, 0.05) is 22.7 Å². The van der Waals surface area contributed by atoms with E-state index in [4.69, 9.17) is 10.5 Å². The average Bonchev–Trinajstić information content (AvgIpc) is 2.66. The van der Waals surface area contributed by atoms with Crippen molar-refractivity contribution in [2.45, 2.75) is 19.3 Å². The fourth-order valence-corrected chi connectivity index (χ4v) is 2.28. The van der Waals surface area contributed by atoms with E-state index >= 15 is 0 Å². The third kappa shape index (κ3) is 1.72. The maximum Gasteiger partial charge on any atom is 0.123 e. The van der Waals surface area contributed by atoms with Gasteiger partial charge in [0.15, 0.2) is 0 Å². The number of nitrogens with two attached hydrogens (primary N) is 1. The summed E-state index contributed by atoms with van der Waals surface area (Å²) in [6.45, 7) is 5.14. The Morgan fingerprint density at radius 3 is 2.67 bits per heavy atom. The molecule has 0 amide bonds. The van der Waals surface area contributed by atoms with Gasteiger partial charge in [0.1, 0.15) is 11.6 Å².